The summed E-state index contributed by atoms with van der Waals surface area (Å²) in [5.41, 5.74) is 4.16. The summed E-state index contributed by atoms with van der Waals surface area (Å²) < 4.78 is 55.2. The second-order valence-electron chi connectivity index (χ2n) is 8.66. The maximum Gasteiger partial charge on any atom is 0.573 e. The lowest BCUT2D eigenvalue weighted by Crippen LogP contribution is -2.22. The molecule has 37 heavy (non-hydrogen) atoms. The van der Waals surface area contributed by atoms with Crippen molar-refractivity contribution in [1.82, 2.24) is 19.9 Å². The molecule has 0 aliphatic carbocycles. The van der Waals surface area contributed by atoms with Gasteiger partial charge in [-0.3, -0.25) is 0 Å². The molecule has 1 unspecified atom stereocenters. The first-order chi connectivity index (χ1) is 17.7. The molecule has 1 atom stereocenters. The van der Waals surface area contributed by atoms with E-state index in [4.69, 9.17) is 0 Å². The topological polar surface area (TPSA) is 88.1 Å². The molecule has 1 fully saturated rings. The van der Waals surface area contributed by atoms with Crippen LogP contribution in [0, 0.1) is 6.92 Å². The summed E-state index contributed by atoms with van der Waals surface area (Å²) in [6.07, 6.45) is -2.20. The number of anilines is 4. The van der Waals surface area contributed by atoms with E-state index in [1.54, 1.807) is 17.2 Å². The minimum absolute atomic E-state index is 0.251. The Morgan fingerprint density at radius 3 is 2.76 bits per heavy atom. The number of benzene rings is 2. The zero-order chi connectivity index (χ0) is 26.0. The molecule has 12 heteroatoms. The Kier molecular flexibility index (Phi) is 6.64. The fraction of sp³-hybridized carbons (Fsp3) is 0.280. The lowest BCUT2D eigenvalue weighted by Gasteiger charge is -2.16. The van der Waals surface area contributed by atoms with Gasteiger partial charge in [-0.1, -0.05) is 18.2 Å². The SMILES string of the molecule is Cc1ccc(CNc2cccc(OC(F)(F)F)c2)cc1Nc1ncnc2cnc(N3CCC(F)C3)nc12. The van der Waals surface area contributed by atoms with E-state index in [1.807, 2.05) is 25.1 Å². The molecule has 2 N–H and O–H groups in total. The van der Waals surface area contributed by atoms with Crippen LogP contribution in [0.15, 0.2) is 55.0 Å². The number of hydrogen-bond acceptors (Lipinski definition) is 8. The summed E-state index contributed by atoms with van der Waals surface area (Å²) in [7, 11) is 0. The molecule has 2 aromatic carbocycles. The van der Waals surface area contributed by atoms with Crippen molar-refractivity contribution in [1.29, 1.82) is 0 Å². The van der Waals surface area contributed by atoms with Crippen LogP contribution in [0.3, 0.4) is 0 Å². The van der Waals surface area contributed by atoms with Crippen molar-refractivity contribution in [2.45, 2.75) is 32.4 Å². The molecular weight excluding hydrogens is 490 g/mol. The summed E-state index contributed by atoms with van der Waals surface area (Å²) in [5.74, 6) is 0.614. The van der Waals surface area contributed by atoms with Crippen molar-refractivity contribution >= 4 is 34.2 Å². The number of alkyl halides is 4. The molecule has 5 rings (SSSR count). The third kappa shape index (κ3) is 5.96. The van der Waals surface area contributed by atoms with Crippen LogP contribution in [0.1, 0.15) is 17.5 Å². The quantitative estimate of drug-likeness (QED) is 0.312. The zero-order valence-corrected chi connectivity index (χ0v) is 19.8. The van der Waals surface area contributed by atoms with Crippen LogP contribution in [0.4, 0.5) is 40.7 Å². The van der Waals surface area contributed by atoms with Crippen molar-refractivity contribution in [3.8, 4) is 5.75 Å². The van der Waals surface area contributed by atoms with E-state index < -0.39 is 12.5 Å². The van der Waals surface area contributed by atoms with Crippen LogP contribution >= 0.6 is 0 Å². The standard InChI is InChI=1S/C25H23F4N7O/c1-15-5-6-16(11-30-18-3-2-4-19(10-18)37-25(27,28)29)9-20(15)34-23-22-21(32-14-33-23)12-31-24(35-22)36-8-7-17(26)13-36/h2-6,9-10,12,14,17,30H,7-8,11,13H2,1H3,(H,32,33,34). The summed E-state index contributed by atoms with van der Waals surface area (Å²) in [6, 6.07) is 11.4. The van der Waals surface area contributed by atoms with Gasteiger partial charge in [0.1, 0.15) is 29.3 Å². The number of halogens is 4. The number of aryl methyl sites for hydroxylation is 1. The van der Waals surface area contributed by atoms with Crippen molar-refractivity contribution in [3.63, 3.8) is 0 Å². The smallest absolute Gasteiger partial charge is 0.406 e. The van der Waals surface area contributed by atoms with Crippen molar-refractivity contribution in [3.05, 3.63) is 66.1 Å². The number of fused-ring (bicyclic) bond motifs is 1. The third-order valence-electron chi connectivity index (χ3n) is 5.90. The Morgan fingerprint density at radius 1 is 1.11 bits per heavy atom. The Morgan fingerprint density at radius 2 is 1.97 bits per heavy atom. The number of ether oxygens (including phenoxy) is 1. The fourth-order valence-electron chi connectivity index (χ4n) is 4.04. The summed E-state index contributed by atoms with van der Waals surface area (Å²) >= 11 is 0. The molecule has 0 radical (unpaired) electrons. The van der Waals surface area contributed by atoms with Gasteiger partial charge in [0, 0.05) is 30.5 Å². The molecule has 1 aliphatic rings. The summed E-state index contributed by atoms with van der Waals surface area (Å²) in [6.45, 7) is 3.09. The highest BCUT2D eigenvalue weighted by Gasteiger charge is 2.31. The van der Waals surface area contributed by atoms with Gasteiger partial charge >= 0.3 is 6.36 Å². The minimum Gasteiger partial charge on any atom is -0.406 e. The molecule has 0 spiro atoms. The van der Waals surface area contributed by atoms with Gasteiger partial charge in [-0.25, -0.2) is 24.3 Å². The Balaban J connectivity index is 1.34. The van der Waals surface area contributed by atoms with Crippen LogP contribution in [0.25, 0.3) is 11.0 Å². The van der Waals surface area contributed by atoms with Crippen LogP contribution in [-0.4, -0.2) is 45.6 Å². The number of nitrogens with one attached hydrogen (secondary N) is 2. The highest BCUT2D eigenvalue weighted by atomic mass is 19.4. The molecule has 0 saturated carbocycles. The average Bonchev–Trinajstić information content (AvgIpc) is 3.30. The molecule has 4 aromatic rings. The first kappa shape index (κ1) is 24.5. The second-order valence-corrected chi connectivity index (χ2v) is 8.66. The van der Waals surface area contributed by atoms with Gasteiger partial charge in [0.15, 0.2) is 5.82 Å². The molecule has 1 saturated heterocycles. The normalized spacial score (nSPS) is 15.7. The van der Waals surface area contributed by atoms with Crippen molar-refractivity contribution < 1.29 is 22.3 Å². The third-order valence-corrected chi connectivity index (χ3v) is 5.90. The molecule has 192 valence electrons. The number of hydrogen-bond donors (Lipinski definition) is 2. The van der Waals surface area contributed by atoms with Crippen LogP contribution in [0.5, 0.6) is 5.75 Å². The van der Waals surface area contributed by atoms with Gasteiger partial charge in [0.25, 0.3) is 0 Å². The number of rotatable bonds is 7. The lowest BCUT2D eigenvalue weighted by atomic mass is 10.1. The highest BCUT2D eigenvalue weighted by Crippen LogP contribution is 2.28. The van der Waals surface area contributed by atoms with Crippen LogP contribution < -0.4 is 20.3 Å². The van der Waals surface area contributed by atoms with E-state index in [9.17, 15) is 17.6 Å². The first-order valence-electron chi connectivity index (χ1n) is 11.6. The van der Waals surface area contributed by atoms with Gasteiger partial charge in [-0.05, 0) is 42.7 Å². The van der Waals surface area contributed by atoms with Gasteiger partial charge < -0.3 is 20.3 Å². The molecule has 0 bridgehead atoms. The van der Waals surface area contributed by atoms with E-state index in [0.29, 0.717) is 48.0 Å². The molecule has 8 nitrogen and oxygen atoms in total. The van der Waals surface area contributed by atoms with E-state index >= 15 is 0 Å². The molecular formula is C25H23F4N7O. The Hall–Kier alpha value is -4.22. The van der Waals surface area contributed by atoms with Crippen molar-refractivity contribution in [2.75, 3.05) is 28.6 Å². The highest BCUT2D eigenvalue weighted by molar-refractivity contribution is 5.87. The Bertz CT molecular complexity index is 1420. The number of nitrogens with zero attached hydrogens (tertiary/aromatic N) is 5. The second kappa shape index (κ2) is 10.0. The summed E-state index contributed by atoms with van der Waals surface area (Å²) in [4.78, 5) is 19.3. The van der Waals surface area contributed by atoms with E-state index in [2.05, 4.69) is 35.3 Å². The van der Waals surface area contributed by atoms with Gasteiger partial charge in [0.05, 0.1) is 12.7 Å². The molecule has 1 aliphatic heterocycles. The largest absolute Gasteiger partial charge is 0.573 e. The van der Waals surface area contributed by atoms with E-state index in [0.717, 1.165) is 16.8 Å². The maximum absolute atomic E-state index is 13.7. The van der Waals surface area contributed by atoms with E-state index in [-0.39, 0.29) is 12.3 Å². The average molecular weight is 513 g/mol. The van der Waals surface area contributed by atoms with Crippen molar-refractivity contribution in [2.24, 2.45) is 0 Å². The predicted octanol–water partition coefficient (Wildman–Crippen LogP) is 5.53. The van der Waals surface area contributed by atoms with Gasteiger partial charge in [-0.2, -0.15) is 0 Å². The molecule has 3 heterocycles. The van der Waals surface area contributed by atoms with Gasteiger partial charge in [-0.15, -0.1) is 13.2 Å². The Labute approximate surface area is 209 Å². The lowest BCUT2D eigenvalue weighted by molar-refractivity contribution is -0.274. The monoisotopic (exact) mass is 513 g/mol. The van der Waals surface area contributed by atoms with Crippen LogP contribution in [0.2, 0.25) is 0 Å². The molecule has 2 aromatic heterocycles. The minimum atomic E-state index is -4.75. The zero-order valence-electron chi connectivity index (χ0n) is 19.8. The van der Waals surface area contributed by atoms with E-state index in [1.165, 1.54) is 24.5 Å². The maximum atomic E-state index is 13.7. The van der Waals surface area contributed by atoms with Gasteiger partial charge in [0.2, 0.25) is 5.95 Å². The first-order valence-corrected chi connectivity index (χ1v) is 11.6. The summed E-state index contributed by atoms with van der Waals surface area (Å²) in [5, 5.41) is 6.42. The number of aromatic nitrogens is 4. The fourth-order valence-corrected chi connectivity index (χ4v) is 4.04. The molecule has 0 amide bonds. The predicted molar refractivity (Wildman–Crippen MR) is 132 cm³/mol. The van der Waals surface area contributed by atoms with Crippen LogP contribution in [-0.2, 0) is 6.54 Å².